The summed E-state index contributed by atoms with van der Waals surface area (Å²) in [6, 6.07) is 4.10. The van der Waals surface area contributed by atoms with Crippen LogP contribution in [0.25, 0.3) is 0 Å². The molecular weight excluding hydrogens is 459 g/mol. The Balaban J connectivity index is 1.55. The number of alkyl halides is 3. The lowest BCUT2D eigenvalue weighted by atomic mass is 9.95. The van der Waals surface area contributed by atoms with Crippen LogP contribution in [-0.4, -0.2) is 61.7 Å². The summed E-state index contributed by atoms with van der Waals surface area (Å²) >= 11 is 0. The second kappa shape index (κ2) is 10.0. The number of sulfonamides is 1. The quantitative estimate of drug-likeness (QED) is 0.689. The summed E-state index contributed by atoms with van der Waals surface area (Å²) in [4.78, 5) is 25.8. The van der Waals surface area contributed by atoms with Gasteiger partial charge in [0.05, 0.1) is 10.5 Å². The minimum atomic E-state index is -4.78. The predicted octanol–water partition coefficient (Wildman–Crippen LogP) is 2.87. The van der Waals surface area contributed by atoms with E-state index in [1.807, 2.05) is 13.8 Å². The zero-order valence-electron chi connectivity index (χ0n) is 18.8. The van der Waals surface area contributed by atoms with E-state index in [1.54, 1.807) is 4.90 Å². The van der Waals surface area contributed by atoms with E-state index in [1.165, 1.54) is 6.07 Å². The van der Waals surface area contributed by atoms with Gasteiger partial charge in [-0.05, 0) is 37.8 Å². The first-order valence-electron chi connectivity index (χ1n) is 11.2. The lowest BCUT2D eigenvalue weighted by Crippen LogP contribution is -2.50. The van der Waals surface area contributed by atoms with Crippen molar-refractivity contribution in [2.45, 2.75) is 56.6 Å². The third-order valence-electron chi connectivity index (χ3n) is 6.28. The van der Waals surface area contributed by atoms with Crippen LogP contribution in [0.5, 0.6) is 0 Å². The summed E-state index contributed by atoms with van der Waals surface area (Å²) in [5, 5.41) is 3.00. The molecule has 0 bridgehead atoms. The molecule has 0 aromatic heterocycles. The van der Waals surface area contributed by atoms with E-state index in [0.29, 0.717) is 25.9 Å². The monoisotopic (exact) mass is 489 g/mol. The van der Waals surface area contributed by atoms with Crippen LogP contribution in [0.1, 0.15) is 45.1 Å². The van der Waals surface area contributed by atoms with Crippen LogP contribution < -0.4 is 5.32 Å². The molecule has 0 unspecified atom stereocenters. The van der Waals surface area contributed by atoms with Crippen molar-refractivity contribution in [1.29, 1.82) is 0 Å². The molecule has 184 valence electrons. The van der Waals surface area contributed by atoms with Crippen LogP contribution in [-0.2, 0) is 25.8 Å². The molecule has 0 saturated carbocycles. The Labute approximate surface area is 192 Å². The van der Waals surface area contributed by atoms with E-state index >= 15 is 0 Å². The fourth-order valence-corrected chi connectivity index (χ4v) is 6.03. The maximum Gasteiger partial charge on any atom is 0.417 e. The van der Waals surface area contributed by atoms with E-state index in [-0.39, 0.29) is 49.7 Å². The fourth-order valence-electron chi connectivity index (χ4n) is 4.35. The van der Waals surface area contributed by atoms with Crippen LogP contribution in [0.3, 0.4) is 0 Å². The first kappa shape index (κ1) is 25.5. The molecule has 2 fully saturated rings. The SMILES string of the molecule is CC(C)C(=O)N1CCC(NC(=O)C2CCN(S(=O)(=O)c3ccccc3C(F)(F)F)CC2)CC1. The van der Waals surface area contributed by atoms with Crippen molar-refractivity contribution in [2.75, 3.05) is 26.2 Å². The van der Waals surface area contributed by atoms with Gasteiger partial charge in [0.1, 0.15) is 0 Å². The minimum absolute atomic E-state index is 0.0199. The Morgan fingerprint density at radius 1 is 1.00 bits per heavy atom. The molecule has 1 aromatic carbocycles. The molecular formula is C22H30F3N3O4S. The van der Waals surface area contributed by atoms with Crippen LogP contribution in [0, 0.1) is 11.8 Å². The summed E-state index contributed by atoms with van der Waals surface area (Å²) in [6.45, 7) is 4.82. The largest absolute Gasteiger partial charge is 0.417 e. The maximum absolute atomic E-state index is 13.3. The molecule has 11 heteroatoms. The maximum atomic E-state index is 13.3. The highest BCUT2D eigenvalue weighted by molar-refractivity contribution is 7.89. The fraction of sp³-hybridized carbons (Fsp3) is 0.636. The standard InChI is InChI=1S/C22H30F3N3O4S/c1-15(2)21(30)27-11-9-17(10-12-27)26-20(29)16-7-13-28(14-8-16)33(31,32)19-6-4-3-5-18(19)22(23,24)25/h3-6,15-17H,7-14H2,1-2H3,(H,26,29). The average Bonchev–Trinajstić information content (AvgIpc) is 2.78. The number of amides is 2. The third kappa shape index (κ3) is 5.87. The van der Waals surface area contributed by atoms with Crippen molar-refractivity contribution in [1.82, 2.24) is 14.5 Å². The van der Waals surface area contributed by atoms with Crippen molar-refractivity contribution in [2.24, 2.45) is 11.8 Å². The number of rotatable bonds is 5. The van der Waals surface area contributed by atoms with E-state index in [2.05, 4.69) is 5.32 Å². The Morgan fingerprint density at radius 3 is 2.12 bits per heavy atom. The topological polar surface area (TPSA) is 86.8 Å². The molecule has 2 heterocycles. The van der Waals surface area contributed by atoms with Gasteiger partial charge < -0.3 is 10.2 Å². The highest BCUT2D eigenvalue weighted by Crippen LogP contribution is 2.36. The number of carbonyl (C=O) groups is 2. The number of likely N-dealkylation sites (tertiary alicyclic amines) is 1. The highest BCUT2D eigenvalue weighted by Gasteiger charge is 2.40. The van der Waals surface area contributed by atoms with E-state index in [9.17, 15) is 31.2 Å². The molecule has 2 aliphatic rings. The predicted molar refractivity (Wildman–Crippen MR) is 116 cm³/mol. The van der Waals surface area contributed by atoms with Crippen LogP contribution in [0.2, 0.25) is 0 Å². The number of piperidine rings is 2. The second-order valence-corrected chi connectivity index (χ2v) is 10.8. The van der Waals surface area contributed by atoms with Gasteiger partial charge in [0, 0.05) is 44.1 Å². The number of nitrogens with zero attached hydrogens (tertiary/aromatic N) is 2. The number of carbonyl (C=O) groups excluding carboxylic acids is 2. The molecule has 0 atom stereocenters. The number of nitrogens with one attached hydrogen (secondary N) is 1. The minimum Gasteiger partial charge on any atom is -0.353 e. The first-order chi connectivity index (χ1) is 15.4. The summed E-state index contributed by atoms with van der Waals surface area (Å²) in [7, 11) is -4.33. The van der Waals surface area contributed by atoms with Crippen LogP contribution in [0.4, 0.5) is 13.2 Å². The van der Waals surface area contributed by atoms with Gasteiger partial charge in [0.2, 0.25) is 21.8 Å². The van der Waals surface area contributed by atoms with Crippen molar-refractivity contribution in [3.8, 4) is 0 Å². The number of halogens is 3. The molecule has 1 N–H and O–H groups in total. The van der Waals surface area contributed by atoms with Gasteiger partial charge in [-0.3, -0.25) is 9.59 Å². The summed E-state index contributed by atoms with van der Waals surface area (Å²) < 4.78 is 66.6. The van der Waals surface area contributed by atoms with Crippen LogP contribution in [0.15, 0.2) is 29.2 Å². The van der Waals surface area contributed by atoms with Gasteiger partial charge >= 0.3 is 6.18 Å². The zero-order chi connectivity index (χ0) is 24.4. The number of benzene rings is 1. The smallest absolute Gasteiger partial charge is 0.353 e. The number of hydrogen-bond donors (Lipinski definition) is 1. The molecule has 2 amide bonds. The normalized spacial score (nSPS) is 19.6. The van der Waals surface area contributed by atoms with Gasteiger partial charge in [0.15, 0.2) is 0 Å². The van der Waals surface area contributed by atoms with E-state index in [0.717, 1.165) is 22.5 Å². The molecule has 7 nitrogen and oxygen atoms in total. The molecule has 33 heavy (non-hydrogen) atoms. The first-order valence-corrected chi connectivity index (χ1v) is 12.6. The highest BCUT2D eigenvalue weighted by atomic mass is 32.2. The molecule has 0 aliphatic carbocycles. The van der Waals surface area contributed by atoms with Gasteiger partial charge in [-0.2, -0.15) is 17.5 Å². The van der Waals surface area contributed by atoms with Crippen molar-refractivity contribution >= 4 is 21.8 Å². The molecule has 3 rings (SSSR count). The van der Waals surface area contributed by atoms with Crippen molar-refractivity contribution in [3.05, 3.63) is 29.8 Å². The van der Waals surface area contributed by atoms with Gasteiger partial charge in [-0.15, -0.1) is 0 Å². The molecule has 2 saturated heterocycles. The summed E-state index contributed by atoms with van der Waals surface area (Å²) in [5.74, 6) is -0.540. The number of hydrogen-bond acceptors (Lipinski definition) is 4. The summed E-state index contributed by atoms with van der Waals surface area (Å²) in [5.41, 5.74) is -1.19. The van der Waals surface area contributed by atoms with Gasteiger partial charge in [0.25, 0.3) is 0 Å². The Hall–Kier alpha value is -2.14. The second-order valence-electron chi connectivity index (χ2n) is 8.94. The molecule has 0 radical (unpaired) electrons. The molecule has 1 aromatic rings. The average molecular weight is 490 g/mol. The Kier molecular flexibility index (Phi) is 7.73. The zero-order valence-corrected chi connectivity index (χ0v) is 19.6. The van der Waals surface area contributed by atoms with Gasteiger partial charge in [-0.25, -0.2) is 8.42 Å². The van der Waals surface area contributed by atoms with E-state index < -0.39 is 32.6 Å². The third-order valence-corrected chi connectivity index (χ3v) is 8.24. The lowest BCUT2D eigenvalue weighted by molar-refractivity contribution is -0.140. The molecule has 2 aliphatic heterocycles. The van der Waals surface area contributed by atoms with Crippen molar-refractivity contribution in [3.63, 3.8) is 0 Å². The summed E-state index contributed by atoms with van der Waals surface area (Å²) in [6.07, 6.45) is -2.98. The lowest BCUT2D eigenvalue weighted by Gasteiger charge is -2.35. The Morgan fingerprint density at radius 2 is 1.58 bits per heavy atom. The molecule has 0 spiro atoms. The van der Waals surface area contributed by atoms with Crippen molar-refractivity contribution < 1.29 is 31.2 Å². The van der Waals surface area contributed by atoms with Crippen LogP contribution >= 0.6 is 0 Å². The van der Waals surface area contributed by atoms with E-state index in [4.69, 9.17) is 0 Å². The Bertz CT molecular complexity index is 965. The van der Waals surface area contributed by atoms with Gasteiger partial charge in [-0.1, -0.05) is 26.0 Å².